The number of hydroxylamine groups is 2. The fourth-order valence-electron chi connectivity index (χ4n) is 3.41. The van der Waals surface area contributed by atoms with Gasteiger partial charge in [0.05, 0.1) is 11.6 Å². The molecule has 0 spiro atoms. The van der Waals surface area contributed by atoms with Gasteiger partial charge in [0.25, 0.3) is 5.91 Å². The third-order valence-corrected chi connectivity index (χ3v) is 4.58. The van der Waals surface area contributed by atoms with Crippen LogP contribution in [0.5, 0.6) is 5.75 Å². The highest BCUT2D eigenvalue weighted by molar-refractivity contribution is 6.02. The molecule has 1 amide bonds. The minimum Gasteiger partial charge on any atom is -0.406 e. The SMILES string of the molecule is CC(C)(C)ON1C(=O)c2cc(ccc2-c2ccc(OC(F)(F)F)cc2)C1CCC=C=O. The lowest BCUT2D eigenvalue weighted by atomic mass is 9.89. The molecule has 0 radical (unpaired) electrons. The van der Waals surface area contributed by atoms with Crippen LogP contribution in [0.1, 0.15) is 55.6 Å². The van der Waals surface area contributed by atoms with Crippen molar-refractivity contribution in [3.05, 3.63) is 59.7 Å². The quantitative estimate of drug-likeness (QED) is 0.553. The summed E-state index contributed by atoms with van der Waals surface area (Å²) in [7, 11) is 0. The highest BCUT2D eigenvalue weighted by atomic mass is 19.4. The lowest BCUT2D eigenvalue weighted by molar-refractivity contribution is -0.274. The van der Waals surface area contributed by atoms with Crippen LogP contribution < -0.4 is 4.74 Å². The van der Waals surface area contributed by atoms with Gasteiger partial charge in [0.2, 0.25) is 0 Å². The molecule has 164 valence electrons. The number of benzene rings is 2. The number of hydrogen-bond donors (Lipinski definition) is 0. The van der Waals surface area contributed by atoms with E-state index in [1.807, 2.05) is 26.8 Å². The van der Waals surface area contributed by atoms with Crippen LogP contribution in [0.2, 0.25) is 0 Å². The van der Waals surface area contributed by atoms with Crippen molar-refractivity contribution in [1.29, 1.82) is 0 Å². The lowest BCUT2D eigenvalue weighted by Gasteiger charge is -2.39. The van der Waals surface area contributed by atoms with Crippen molar-refractivity contribution in [3.63, 3.8) is 0 Å². The van der Waals surface area contributed by atoms with Gasteiger partial charge >= 0.3 is 6.36 Å². The molecular weight excluding hydrogens is 411 g/mol. The molecule has 1 aliphatic heterocycles. The van der Waals surface area contributed by atoms with Crippen LogP contribution in [0.25, 0.3) is 11.1 Å². The van der Waals surface area contributed by atoms with Crippen LogP contribution in [0.15, 0.2) is 48.5 Å². The maximum atomic E-state index is 13.3. The summed E-state index contributed by atoms with van der Waals surface area (Å²) in [5, 5.41) is 1.33. The first kappa shape index (κ1) is 22.6. The highest BCUT2D eigenvalue weighted by Crippen LogP contribution is 2.39. The molecule has 1 atom stereocenters. The zero-order valence-corrected chi connectivity index (χ0v) is 17.3. The zero-order chi connectivity index (χ0) is 22.8. The van der Waals surface area contributed by atoms with Crippen molar-refractivity contribution in [2.75, 3.05) is 0 Å². The van der Waals surface area contributed by atoms with Crippen molar-refractivity contribution < 1.29 is 32.3 Å². The Bertz CT molecular complexity index is 1000. The first-order chi connectivity index (χ1) is 14.5. The Labute approximate surface area is 178 Å². The summed E-state index contributed by atoms with van der Waals surface area (Å²) in [5.74, 6) is 1.05. The molecule has 0 aliphatic carbocycles. The summed E-state index contributed by atoms with van der Waals surface area (Å²) >= 11 is 0. The standard InChI is InChI=1S/C23H22F3NO4/c1-22(2,3)31-27-20(6-4-5-13-28)16-9-12-18(19(14-16)21(27)29)15-7-10-17(11-8-15)30-23(24,25)26/h5,7-12,14,20H,4,6H2,1-3H3. The average Bonchev–Trinajstić information content (AvgIpc) is 2.67. The molecule has 2 aromatic carbocycles. The summed E-state index contributed by atoms with van der Waals surface area (Å²) in [6.45, 7) is 5.48. The van der Waals surface area contributed by atoms with E-state index in [-0.39, 0.29) is 17.7 Å². The second-order valence-corrected chi connectivity index (χ2v) is 8.13. The number of fused-ring (bicyclic) bond motifs is 2. The van der Waals surface area contributed by atoms with Gasteiger partial charge in [-0.3, -0.25) is 9.63 Å². The van der Waals surface area contributed by atoms with Crippen LogP contribution in [0.4, 0.5) is 13.2 Å². The van der Waals surface area contributed by atoms with E-state index in [4.69, 9.17) is 4.84 Å². The molecule has 5 nitrogen and oxygen atoms in total. The molecule has 3 rings (SSSR count). The minimum atomic E-state index is -4.77. The number of ether oxygens (including phenoxy) is 1. The number of allylic oxidation sites excluding steroid dienone is 1. The summed E-state index contributed by atoms with van der Waals surface area (Å²) in [6.07, 6.45) is -2.49. The summed E-state index contributed by atoms with van der Waals surface area (Å²) in [6, 6.07) is 10.3. The Kier molecular flexibility index (Phi) is 6.25. The van der Waals surface area contributed by atoms with Crippen molar-refractivity contribution in [2.45, 2.75) is 51.6 Å². The number of rotatable bonds is 6. The van der Waals surface area contributed by atoms with Crippen molar-refractivity contribution in [1.82, 2.24) is 5.06 Å². The summed E-state index contributed by atoms with van der Waals surface area (Å²) in [4.78, 5) is 29.8. The second kappa shape index (κ2) is 8.57. The molecule has 0 fully saturated rings. The first-order valence-electron chi connectivity index (χ1n) is 9.71. The monoisotopic (exact) mass is 433 g/mol. The van der Waals surface area contributed by atoms with E-state index in [2.05, 4.69) is 4.74 Å². The van der Waals surface area contributed by atoms with Gasteiger partial charge in [0.1, 0.15) is 11.7 Å². The Hall–Kier alpha value is -3.09. The van der Waals surface area contributed by atoms with Gasteiger partial charge in [-0.25, -0.2) is 9.86 Å². The molecule has 0 N–H and O–H groups in total. The summed E-state index contributed by atoms with van der Waals surface area (Å²) < 4.78 is 41.1. The molecule has 1 aliphatic rings. The van der Waals surface area contributed by atoms with Crippen LogP contribution in [-0.2, 0) is 9.63 Å². The Balaban J connectivity index is 1.97. The number of amides is 1. The smallest absolute Gasteiger partial charge is 0.406 e. The molecule has 2 aromatic rings. The Morgan fingerprint density at radius 1 is 1.06 bits per heavy atom. The maximum absolute atomic E-state index is 13.3. The van der Waals surface area contributed by atoms with Crippen LogP contribution >= 0.6 is 0 Å². The van der Waals surface area contributed by atoms with E-state index in [0.29, 0.717) is 29.5 Å². The van der Waals surface area contributed by atoms with Gasteiger partial charge in [0.15, 0.2) is 0 Å². The average molecular weight is 433 g/mol. The van der Waals surface area contributed by atoms with Gasteiger partial charge in [-0.05, 0) is 74.6 Å². The van der Waals surface area contributed by atoms with Crippen LogP contribution in [-0.4, -0.2) is 28.9 Å². The molecular formula is C23H22F3NO4. The minimum absolute atomic E-state index is 0.339. The lowest BCUT2D eigenvalue weighted by Crippen LogP contribution is -2.43. The highest BCUT2D eigenvalue weighted by Gasteiger charge is 2.36. The predicted molar refractivity (Wildman–Crippen MR) is 108 cm³/mol. The first-order valence-corrected chi connectivity index (χ1v) is 9.71. The Morgan fingerprint density at radius 2 is 1.74 bits per heavy atom. The number of halogens is 3. The zero-order valence-electron chi connectivity index (χ0n) is 17.3. The van der Waals surface area contributed by atoms with Crippen LogP contribution in [0.3, 0.4) is 0 Å². The third-order valence-electron chi connectivity index (χ3n) is 4.58. The predicted octanol–water partition coefficient (Wildman–Crippen LogP) is 5.65. The molecule has 31 heavy (non-hydrogen) atoms. The fraction of sp³-hybridized carbons (Fsp3) is 0.348. The molecule has 0 saturated heterocycles. The summed E-state index contributed by atoms with van der Waals surface area (Å²) in [5.41, 5.74) is 1.73. The van der Waals surface area contributed by atoms with Gasteiger partial charge in [-0.1, -0.05) is 24.3 Å². The Morgan fingerprint density at radius 3 is 2.32 bits per heavy atom. The number of carbonyl (C=O) groups is 1. The van der Waals surface area contributed by atoms with E-state index in [1.54, 1.807) is 18.1 Å². The topological polar surface area (TPSA) is 55.8 Å². The normalized spacial score (nSPS) is 16.1. The fourth-order valence-corrected chi connectivity index (χ4v) is 3.41. The molecule has 1 unspecified atom stereocenters. The van der Waals surface area contributed by atoms with Crippen LogP contribution in [0, 0.1) is 0 Å². The third kappa shape index (κ3) is 5.54. The van der Waals surface area contributed by atoms with Gasteiger partial charge < -0.3 is 4.74 Å². The van der Waals surface area contributed by atoms with E-state index in [0.717, 1.165) is 5.56 Å². The van der Waals surface area contributed by atoms with Gasteiger partial charge in [0, 0.05) is 5.56 Å². The van der Waals surface area contributed by atoms with E-state index in [9.17, 15) is 22.8 Å². The molecule has 2 bridgehead atoms. The number of alkyl halides is 3. The van der Waals surface area contributed by atoms with E-state index < -0.39 is 12.0 Å². The van der Waals surface area contributed by atoms with E-state index >= 15 is 0 Å². The second-order valence-electron chi connectivity index (χ2n) is 8.13. The molecule has 0 aromatic heterocycles. The van der Waals surface area contributed by atoms with Gasteiger partial charge in [-0.15, -0.1) is 13.2 Å². The van der Waals surface area contributed by atoms with E-state index in [1.165, 1.54) is 35.4 Å². The molecule has 8 heteroatoms. The molecule has 0 saturated carbocycles. The van der Waals surface area contributed by atoms with Gasteiger partial charge in [-0.2, -0.15) is 0 Å². The molecule has 1 heterocycles. The number of carbonyl (C=O) groups excluding carboxylic acids is 2. The number of hydrogen-bond acceptors (Lipinski definition) is 4. The largest absolute Gasteiger partial charge is 0.573 e. The van der Waals surface area contributed by atoms with Crippen molar-refractivity contribution in [2.24, 2.45) is 0 Å². The maximum Gasteiger partial charge on any atom is 0.573 e. The van der Waals surface area contributed by atoms with Crippen molar-refractivity contribution in [3.8, 4) is 16.9 Å². The van der Waals surface area contributed by atoms with Crippen molar-refractivity contribution >= 4 is 11.8 Å². The number of nitrogens with zero attached hydrogens (tertiary/aromatic N) is 1.